The van der Waals surface area contributed by atoms with Crippen molar-refractivity contribution in [1.29, 1.82) is 0 Å². The van der Waals surface area contributed by atoms with E-state index < -0.39 is 5.91 Å². The highest BCUT2D eigenvalue weighted by atomic mass is 16.2. The first-order valence-corrected chi connectivity index (χ1v) is 9.09. The molecule has 2 N–H and O–H groups in total. The van der Waals surface area contributed by atoms with Crippen molar-refractivity contribution in [3.05, 3.63) is 21.7 Å². The Balaban J connectivity index is 2.10. The van der Waals surface area contributed by atoms with E-state index in [1.165, 1.54) is 0 Å². The van der Waals surface area contributed by atoms with Crippen LogP contribution in [0.1, 0.15) is 68.2 Å². The third-order valence-electron chi connectivity index (χ3n) is 4.79. The summed E-state index contributed by atoms with van der Waals surface area (Å²) in [5, 5.41) is 2.64. The fourth-order valence-corrected chi connectivity index (χ4v) is 3.55. The minimum atomic E-state index is -0.434. The summed E-state index contributed by atoms with van der Waals surface area (Å²) in [6.07, 6.45) is 4.41. The standard InChI is InChI=1S/C17H25N5O3/c1-3-5-9-22-14-12(11-8-6-7-10-21(11)17(22)25)15(23)20-13(19-14)16(24)18-4-2/h11H,3-10H2,1-2H3,(H,18,24)(H,19,20,23). The van der Waals surface area contributed by atoms with Crippen LogP contribution in [0.4, 0.5) is 10.6 Å². The molecule has 0 aliphatic carbocycles. The molecule has 0 aromatic carbocycles. The van der Waals surface area contributed by atoms with Gasteiger partial charge in [-0.2, -0.15) is 0 Å². The van der Waals surface area contributed by atoms with Crippen LogP contribution in [0.25, 0.3) is 0 Å². The van der Waals surface area contributed by atoms with Gasteiger partial charge in [0.1, 0.15) is 5.82 Å². The van der Waals surface area contributed by atoms with Gasteiger partial charge in [0, 0.05) is 19.6 Å². The summed E-state index contributed by atoms with van der Waals surface area (Å²) in [7, 11) is 0. The van der Waals surface area contributed by atoms with Crippen molar-refractivity contribution in [2.45, 2.75) is 52.0 Å². The van der Waals surface area contributed by atoms with E-state index in [1.807, 2.05) is 6.92 Å². The first-order chi connectivity index (χ1) is 12.1. The van der Waals surface area contributed by atoms with Gasteiger partial charge in [-0.3, -0.25) is 14.5 Å². The van der Waals surface area contributed by atoms with E-state index in [1.54, 1.807) is 16.7 Å². The van der Waals surface area contributed by atoms with Gasteiger partial charge in [0.15, 0.2) is 0 Å². The zero-order chi connectivity index (χ0) is 18.0. The fraction of sp³-hybridized carbons (Fsp3) is 0.647. The van der Waals surface area contributed by atoms with Crippen molar-refractivity contribution in [2.75, 3.05) is 24.5 Å². The summed E-state index contributed by atoms with van der Waals surface area (Å²) in [5.74, 6) is -0.118. The molecule has 2 aliphatic heterocycles. The minimum Gasteiger partial charge on any atom is -0.350 e. The van der Waals surface area contributed by atoms with Crippen LogP contribution in [0.2, 0.25) is 0 Å². The molecule has 0 spiro atoms. The average molecular weight is 347 g/mol. The Labute approximate surface area is 146 Å². The number of carbonyl (C=O) groups excluding carboxylic acids is 2. The number of hydrogen-bond acceptors (Lipinski definition) is 4. The van der Waals surface area contributed by atoms with Crippen LogP contribution in [0.5, 0.6) is 0 Å². The second kappa shape index (κ2) is 7.25. The van der Waals surface area contributed by atoms with Crippen molar-refractivity contribution < 1.29 is 9.59 Å². The van der Waals surface area contributed by atoms with Gasteiger partial charge >= 0.3 is 6.03 Å². The van der Waals surface area contributed by atoms with Crippen LogP contribution in [-0.2, 0) is 0 Å². The van der Waals surface area contributed by atoms with E-state index >= 15 is 0 Å². The van der Waals surface area contributed by atoms with Gasteiger partial charge in [-0.1, -0.05) is 13.3 Å². The van der Waals surface area contributed by atoms with Crippen LogP contribution in [0.15, 0.2) is 4.79 Å². The van der Waals surface area contributed by atoms with Crippen LogP contribution >= 0.6 is 0 Å². The second-order valence-corrected chi connectivity index (χ2v) is 6.50. The summed E-state index contributed by atoms with van der Waals surface area (Å²) in [4.78, 5) is 48.1. The molecular formula is C17H25N5O3. The maximum atomic E-state index is 12.9. The lowest BCUT2D eigenvalue weighted by molar-refractivity contribution is 0.0944. The first-order valence-electron chi connectivity index (χ1n) is 9.09. The molecule has 3 rings (SSSR count). The molecule has 1 aromatic heterocycles. The quantitative estimate of drug-likeness (QED) is 0.848. The zero-order valence-electron chi connectivity index (χ0n) is 14.8. The first kappa shape index (κ1) is 17.4. The molecule has 8 heteroatoms. The largest absolute Gasteiger partial charge is 0.350 e. The molecule has 136 valence electrons. The summed E-state index contributed by atoms with van der Waals surface area (Å²) < 4.78 is 0. The molecular weight excluding hydrogens is 322 g/mol. The average Bonchev–Trinajstić information content (AvgIpc) is 2.61. The Kier molecular flexibility index (Phi) is 5.06. The lowest BCUT2D eigenvalue weighted by atomic mass is 9.94. The van der Waals surface area contributed by atoms with Gasteiger partial charge in [0.25, 0.3) is 11.5 Å². The number of piperidine rings is 1. The van der Waals surface area contributed by atoms with Crippen LogP contribution in [0, 0.1) is 0 Å². The van der Waals surface area contributed by atoms with E-state index in [0.717, 1.165) is 32.1 Å². The Morgan fingerprint density at radius 3 is 2.84 bits per heavy atom. The van der Waals surface area contributed by atoms with Gasteiger partial charge in [-0.15, -0.1) is 0 Å². The number of nitrogens with zero attached hydrogens (tertiary/aromatic N) is 3. The third-order valence-corrected chi connectivity index (χ3v) is 4.79. The predicted molar refractivity (Wildman–Crippen MR) is 93.8 cm³/mol. The number of unbranched alkanes of at least 4 members (excludes halogenated alkanes) is 1. The van der Waals surface area contributed by atoms with Crippen molar-refractivity contribution in [2.24, 2.45) is 0 Å². The molecule has 1 saturated heterocycles. The molecule has 25 heavy (non-hydrogen) atoms. The summed E-state index contributed by atoms with van der Waals surface area (Å²) in [5.41, 5.74) is 0.195. The normalized spacial score (nSPS) is 19.4. The van der Waals surface area contributed by atoms with Crippen LogP contribution in [-0.4, -0.2) is 46.4 Å². The lowest BCUT2D eigenvalue weighted by Crippen LogP contribution is -2.54. The van der Waals surface area contributed by atoms with E-state index in [2.05, 4.69) is 15.3 Å². The maximum Gasteiger partial charge on any atom is 0.326 e. The molecule has 2 aliphatic rings. The van der Waals surface area contributed by atoms with Crippen LogP contribution < -0.4 is 15.8 Å². The zero-order valence-corrected chi connectivity index (χ0v) is 14.8. The maximum absolute atomic E-state index is 12.9. The van der Waals surface area contributed by atoms with Crippen molar-refractivity contribution >= 4 is 17.8 Å². The van der Waals surface area contributed by atoms with Crippen molar-refractivity contribution in [1.82, 2.24) is 20.2 Å². The molecule has 3 heterocycles. The third kappa shape index (κ3) is 3.12. The molecule has 1 aromatic rings. The second-order valence-electron chi connectivity index (χ2n) is 6.50. The van der Waals surface area contributed by atoms with E-state index in [4.69, 9.17) is 0 Å². The summed E-state index contributed by atoms with van der Waals surface area (Å²) in [6, 6.07) is -0.348. The number of aromatic amines is 1. The highest BCUT2D eigenvalue weighted by Gasteiger charge is 2.41. The summed E-state index contributed by atoms with van der Waals surface area (Å²) in [6.45, 7) is 5.43. The topological polar surface area (TPSA) is 98.4 Å². The number of fused-ring (bicyclic) bond motifs is 3. The number of anilines is 1. The molecule has 3 amide bonds. The number of amides is 3. The van der Waals surface area contributed by atoms with E-state index in [-0.39, 0.29) is 23.5 Å². The number of H-pyrrole nitrogens is 1. The van der Waals surface area contributed by atoms with Gasteiger partial charge in [-0.25, -0.2) is 9.78 Å². The number of hydrogen-bond donors (Lipinski definition) is 2. The van der Waals surface area contributed by atoms with Gasteiger partial charge in [-0.05, 0) is 32.6 Å². The molecule has 1 unspecified atom stereocenters. The number of carbonyl (C=O) groups is 2. The molecule has 1 fully saturated rings. The minimum absolute atomic E-state index is 0.0378. The Bertz CT molecular complexity index is 729. The molecule has 0 radical (unpaired) electrons. The Morgan fingerprint density at radius 1 is 1.32 bits per heavy atom. The Morgan fingerprint density at radius 2 is 2.12 bits per heavy atom. The highest BCUT2D eigenvalue weighted by molar-refractivity contribution is 5.96. The predicted octanol–water partition coefficient (Wildman–Crippen LogP) is 1.79. The van der Waals surface area contributed by atoms with Gasteiger partial charge < -0.3 is 15.2 Å². The van der Waals surface area contributed by atoms with E-state index in [9.17, 15) is 14.4 Å². The van der Waals surface area contributed by atoms with Crippen molar-refractivity contribution in [3.8, 4) is 0 Å². The Hall–Kier alpha value is -2.38. The monoisotopic (exact) mass is 347 g/mol. The van der Waals surface area contributed by atoms with Crippen LogP contribution in [0.3, 0.4) is 0 Å². The molecule has 1 atom stereocenters. The SMILES string of the molecule is CCCCN1C(=O)N2CCCCC2c2c1nc(C(=O)NCC)[nH]c2=O. The number of rotatable bonds is 5. The number of urea groups is 1. The smallest absolute Gasteiger partial charge is 0.326 e. The van der Waals surface area contributed by atoms with Gasteiger partial charge in [0.2, 0.25) is 5.82 Å². The molecule has 8 nitrogen and oxygen atoms in total. The molecule has 0 bridgehead atoms. The van der Waals surface area contributed by atoms with Crippen molar-refractivity contribution in [3.63, 3.8) is 0 Å². The summed E-state index contributed by atoms with van der Waals surface area (Å²) >= 11 is 0. The number of nitrogens with one attached hydrogen (secondary N) is 2. The number of aromatic nitrogens is 2. The van der Waals surface area contributed by atoms with E-state index in [0.29, 0.717) is 31.0 Å². The highest BCUT2D eigenvalue weighted by Crippen LogP contribution is 2.38. The molecule has 0 saturated carbocycles. The fourth-order valence-electron chi connectivity index (χ4n) is 3.55. The lowest BCUT2D eigenvalue weighted by Gasteiger charge is -2.43. The van der Waals surface area contributed by atoms with Gasteiger partial charge in [0.05, 0.1) is 11.6 Å².